The molecule has 1 aliphatic heterocycles. The normalized spacial score (nSPS) is 17.4. The lowest BCUT2D eigenvalue weighted by Crippen LogP contribution is -2.44. The fraction of sp³-hybridized carbons (Fsp3) is 0.381. The lowest BCUT2D eigenvalue weighted by molar-refractivity contribution is -0.120. The summed E-state index contributed by atoms with van der Waals surface area (Å²) in [6, 6.07) is 10.4. The van der Waals surface area contributed by atoms with Gasteiger partial charge in [0.15, 0.2) is 0 Å². The van der Waals surface area contributed by atoms with Gasteiger partial charge in [0, 0.05) is 19.2 Å². The first-order valence-electron chi connectivity index (χ1n) is 9.57. The number of carbonyl (C=O) groups excluding carboxylic acids is 1. The monoisotopic (exact) mass is 436 g/mol. The molecule has 0 spiro atoms. The van der Waals surface area contributed by atoms with Crippen LogP contribution < -0.4 is 14.8 Å². The third-order valence-electron chi connectivity index (χ3n) is 5.08. The predicted molar refractivity (Wildman–Crippen MR) is 111 cm³/mol. The summed E-state index contributed by atoms with van der Waals surface area (Å²) in [7, 11) is -0.598. The number of anilines is 1. The summed E-state index contributed by atoms with van der Waals surface area (Å²) in [5.74, 6) is -0.357. The van der Waals surface area contributed by atoms with Gasteiger partial charge in [0.1, 0.15) is 17.3 Å². The summed E-state index contributed by atoms with van der Waals surface area (Å²) in [5, 5.41) is 2.83. The number of hydrogen-bond donors (Lipinski definition) is 1. The minimum absolute atomic E-state index is 0.0989. The second-order valence-electron chi connectivity index (χ2n) is 7.14. The molecule has 162 valence electrons. The smallest absolute Gasteiger partial charge is 0.228 e. The van der Waals surface area contributed by atoms with Crippen molar-refractivity contribution in [3.63, 3.8) is 0 Å². The van der Waals surface area contributed by atoms with Crippen molar-refractivity contribution in [2.45, 2.75) is 18.6 Å². The van der Waals surface area contributed by atoms with Crippen LogP contribution >= 0.6 is 0 Å². The summed E-state index contributed by atoms with van der Waals surface area (Å²) in [4.78, 5) is 12.8. The molecule has 0 bridgehead atoms. The molecule has 30 heavy (non-hydrogen) atoms. The van der Waals surface area contributed by atoms with Crippen molar-refractivity contribution < 1.29 is 27.1 Å². The molecule has 0 aromatic heterocycles. The number of benzene rings is 2. The third-order valence-corrected chi connectivity index (χ3v) is 6.89. The molecule has 1 fully saturated rings. The summed E-state index contributed by atoms with van der Waals surface area (Å²) < 4.78 is 50.5. The van der Waals surface area contributed by atoms with E-state index in [0.717, 1.165) is 0 Å². The summed E-state index contributed by atoms with van der Waals surface area (Å²) in [5.41, 5.74) is 0.970. The van der Waals surface area contributed by atoms with Crippen LogP contribution in [0.2, 0.25) is 0 Å². The Kier molecular flexibility index (Phi) is 6.94. The van der Waals surface area contributed by atoms with Crippen molar-refractivity contribution in [1.82, 2.24) is 4.31 Å². The number of rotatable bonds is 7. The molecule has 9 heteroatoms. The fourth-order valence-corrected chi connectivity index (χ4v) is 5.05. The van der Waals surface area contributed by atoms with Gasteiger partial charge in [0.05, 0.1) is 31.6 Å². The molecule has 3 rings (SSSR count). The van der Waals surface area contributed by atoms with Gasteiger partial charge < -0.3 is 14.8 Å². The maximum absolute atomic E-state index is 13.1. The van der Waals surface area contributed by atoms with Crippen molar-refractivity contribution in [3.8, 4) is 11.5 Å². The highest BCUT2D eigenvalue weighted by Gasteiger charge is 2.32. The molecule has 0 aliphatic carbocycles. The fourth-order valence-electron chi connectivity index (χ4n) is 3.44. The van der Waals surface area contributed by atoms with Crippen molar-refractivity contribution in [2.75, 3.05) is 32.6 Å². The molecule has 0 saturated carbocycles. The van der Waals surface area contributed by atoms with Crippen molar-refractivity contribution >= 4 is 21.6 Å². The largest absolute Gasteiger partial charge is 0.497 e. The van der Waals surface area contributed by atoms with Gasteiger partial charge in [0.25, 0.3) is 0 Å². The quantitative estimate of drug-likeness (QED) is 0.721. The van der Waals surface area contributed by atoms with Crippen LogP contribution in [-0.4, -0.2) is 45.9 Å². The third kappa shape index (κ3) is 5.28. The van der Waals surface area contributed by atoms with E-state index in [-0.39, 0.29) is 18.2 Å². The Hall–Kier alpha value is -2.65. The van der Waals surface area contributed by atoms with E-state index in [1.54, 1.807) is 18.2 Å². The van der Waals surface area contributed by atoms with Crippen LogP contribution in [0.1, 0.15) is 18.4 Å². The second kappa shape index (κ2) is 9.44. The Balaban J connectivity index is 1.69. The van der Waals surface area contributed by atoms with Crippen LogP contribution in [0.4, 0.5) is 10.1 Å². The maximum Gasteiger partial charge on any atom is 0.228 e. The lowest BCUT2D eigenvalue weighted by atomic mass is 9.98. The first-order chi connectivity index (χ1) is 14.3. The van der Waals surface area contributed by atoms with Crippen molar-refractivity contribution in [3.05, 3.63) is 53.8 Å². The van der Waals surface area contributed by atoms with E-state index in [2.05, 4.69) is 5.32 Å². The molecule has 2 aromatic rings. The zero-order chi connectivity index (χ0) is 21.7. The van der Waals surface area contributed by atoms with E-state index in [1.165, 1.54) is 42.8 Å². The van der Waals surface area contributed by atoms with Gasteiger partial charge in [-0.3, -0.25) is 4.79 Å². The van der Waals surface area contributed by atoms with E-state index < -0.39 is 21.8 Å². The number of sulfonamides is 1. The maximum atomic E-state index is 13.1. The first-order valence-corrected chi connectivity index (χ1v) is 11.2. The summed E-state index contributed by atoms with van der Waals surface area (Å²) in [6.45, 7) is 0.456. The van der Waals surface area contributed by atoms with Crippen molar-refractivity contribution in [1.29, 1.82) is 0 Å². The van der Waals surface area contributed by atoms with Gasteiger partial charge in [-0.25, -0.2) is 17.1 Å². The zero-order valence-electron chi connectivity index (χ0n) is 16.9. The zero-order valence-corrected chi connectivity index (χ0v) is 17.7. The van der Waals surface area contributed by atoms with Crippen LogP contribution in [0.25, 0.3) is 0 Å². The van der Waals surface area contributed by atoms with E-state index in [0.29, 0.717) is 42.1 Å². The number of methoxy groups -OCH3 is 2. The summed E-state index contributed by atoms with van der Waals surface area (Å²) >= 11 is 0. The Bertz CT molecular complexity index is 995. The number of carbonyl (C=O) groups is 1. The first kappa shape index (κ1) is 22.0. The number of nitrogens with one attached hydrogen (secondary N) is 1. The van der Waals surface area contributed by atoms with Gasteiger partial charge in [-0.2, -0.15) is 0 Å². The van der Waals surface area contributed by atoms with E-state index in [1.807, 2.05) is 0 Å². The number of ether oxygens (including phenoxy) is 2. The second-order valence-corrected chi connectivity index (χ2v) is 9.10. The minimum Gasteiger partial charge on any atom is -0.497 e. The van der Waals surface area contributed by atoms with E-state index in [4.69, 9.17) is 9.47 Å². The molecule has 0 radical (unpaired) electrons. The molecule has 1 aliphatic rings. The Morgan fingerprint density at radius 3 is 2.57 bits per heavy atom. The van der Waals surface area contributed by atoms with Gasteiger partial charge in [-0.15, -0.1) is 0 Å². The average Bonchev–Trinajstić information content (AvgIpc) is 2.75. The standard InChI is InChI=1S/C21H25FN2O5S/c1-28-18-9-10-20(29-2)19(12-18)23-21(25)16-4-3-11-24(13-16)30(26,27)14-15-5-7-17(22)8-6-15/h5-10,12,16H,3-4,11,13-14H2,1-2H3,(H,23,25)/t16-/m1/s1. The topological polar surface area (TPSA) is 84.9 Å². The van der Waals surface area contributed by atoms with Gasteiger partial charge in [-0.1, -0.05) is 12.1 Å². The molecular formula is C21H25FN2O5S. The molecule has 1 amide bonds. The van der Waals surface area contributed by atoms with Crippen LogP contribution in [0.3, 0.4) is 0 Å². The number of hydrogen-bond acceptors (Lipinski definition) is 5. The minimum atomic E-state index is -3.63. The molecule has 1 N–H and O–H groups in total. The van der Waals surface area contributed by atoms with Crippen LogP contribution in [-0.2, 0) is 20.6 Å². The van der Waals surface area contributed by atoms with Crippen LogP contribution in [0.15, 0.2) is 42.5 Å². The molecule has 1 heterocycles. The van der Waals surface area contributed by atoms with Gasteiger partial charge in [0.2, 0.25) is 15.9 Å². The highest BCUT2D eigenvalue weighted by atomic mass is 32.2. The SMILES string of the molecule is COc1ccc(OC)c(NC(=O)[C@@H]2CCCN(S(=O)(=O)Cc3ccc(F)cc3)C2)c1. The lowest BCUT2D eigenvalue weighted by Gasteiger charge is -2.31. The van der Waals surface area contributed by atoms with E-state index in [9.17, 15) is 17.6 Å². The summed E-state index contributed by atoms with van der Waals surface area (Å²) in [6.07, 6.45) is 1.16. The number of nitrogens with zero attached hydrogens (tertiary/aromatic N) is 1. The average molecular weight is 437 g/mol. The molecule has 7 nitrogen and oxygen atoms in total. The van der Waals surface area contributed by atoms with Gasteiger partial charge >= 0.3 is 0 Å². The van der Waals surface area contributed by atoms with Crippen LogP contribution in [0, 0.1) is 11.7 Å². The molecule has 1 atom stereocenters. The highest BCUT2D eigenvalue weighted by molar-refractivity contribution is 7.88. The molecule has 1 saturated heterocycles. The molecular weight excluding hydrogens is 411 g/mol. The molecule has 0 unspecified atom stereocenters. The predicted octanol–water partition coefficient (Wildman–Crippen LogP) is 3.02. The van der Waals surface area contributed by atoms with Crippen molar-refractivity contribution in [2.24, 2.45) is 5.92 Å². The Labute approximate surface area is 175 Å². The Morgan fingerprint density at radius 2 is 1.90 bits per heavy atom. The number of halogens is 1. The molecule has 2 aromatic carbocycles. The van der Waals surface area contributed by atoms with E-state index >= 15 is 0 Å². The Morgan fingerprint density at radius 1 is 1.17 bits per heavy atom. The number of piperidine rings is 1. The van der Waals surface area contributed by atoms with Gasteiger partial charge in [-0.05, 0) is 42.7 Å². The van der Waals surface area contributed by atoms with Crippen LogP contribution in [0.5, 0.6) is 11.5 Å². The highest BCUT2D eigenvalue weighted by Crippen LogP contribution is 2.30. The number of amides is 1.